The number of rotatable bonds is 4. The fourth-order valence-corrected chi connectivity index (χ4v) is 4.86. The Bertz CT molecular complexity index is 958. The van der Waals surface area contributed by atoms with Crippen LogP contribution in [0.5, 0.6) is 0 Å². The van der Waals surface area contributed by atoms with Gasteiger partial charge in [0.25, 0.3) is 0 Å². The van der Waals surface area contributed by atoms with E-state index in [1.165, 1.54) is 4.31 Å². The molecule has 3 rings (SSSR count). The van der Waals surface area contributed by atoms with Gasteiger partial charge in [0.2, 0.25) is 10.0 Å². The van der Waals surface area contributed by atoms with Crippen molar-refractivity contribution in [2.24, 2.45) is 0 Å². The predicted molar refractivity (Wildman–Crippen MR) is 108 cm³/mol. The van der Waals surface area contributed by atoms with Gasteiger partial charge in [-0.05, 0) is 35.7 Å². The van der Waals surface area contributed by atoms with E-state index in [2.05, 4.69) is 19.9 Å². The average molecular weight is 404 g/mol. The summed E-state index contributed by atoms with van der Waals surface area (Å²) in [5.74, 6) is 0.359. The van der Waals surface area contributed by atoms with Crippen molar-refractivity contribution >= 4 is 27.3 Å². The Morgan fingerprint density at radius 2 is 1.67 bits per heavy atom. The smallest absolute Gasteiger partial charge is 0.243 e. The molecule has 1 fully saturated rings. The monoisotopic (exact) mass is 403 g/mol. The molecule has 0 saturated carbocycles. The van der Waals surface area contributed by atoms with Gasteiger partial charge in [-0.1, -0.05) is 43.6 Å². The molecule has 0 unspecified atom stereocenters. The number of nitriles is 1. The molecule has 1 aliphatic heterocycles. The van der Waals surface area contributed by atoms with Gasteiger partial charge in [0.15, 0.2) is 0 Å². The number of hydrogen-bond donors (Lipinski definition) is 0. The first-order chi connectivity index (χ1) is 12.8. The van der Waals surface area contributed by atoms with Gasteiger partial charge in [-0.25, -0.2) is 8.42 Å². The van der Waals surface area contributed by atoms with Crippen LogP contribution in [0.25, 0.3) is 0 Å². The maximum atomic E-state index is 12.9. The fourth-order valence-electron chi connectivity index (χ4n) is 3.23. The van der Waals surface area contributed by atoms with E-state index in [1.807, 2.05) is 23.1 Å². The van der Waals surface area contributed by atoms with E-state index in [9.17, 15) is 13.7 Å². The standard InChI is InChI=1S/C20H22ClN3O2S/c1-15(2)16-6-8-17(9-7-16)27(25,26)24-12-10-23(11-13-24)20-5-3-4-19(21)18(20)14-22/h3-9,15H,10-13H2,1-2H3. The predicted octanol–water partition coefficient (Wildman–Crippen LogP) is 3.85. The second kappa shape index (κ2) is 7.89. The molecule has 7 heteroatoms. The number of halogens is 1. The van der Waals surface area contributed by atoms with Crippen molar-refractivity contribution in [3.8, 4) is 6.07 Å². The molecule has 0 spiro atoms. The zero-order valence-electron chi connectivity index (χ0n) is 15.4. The van der Waals surface area contributed by atoms with Crippen molar-refractivity contribution in [1.82, 2.24) is 4.31 Å². The molecule has 0 atom stereocenters. The summed E-state index contributed by atoms with van der Waals surface area (Å²) in [5, 5.41) is 9.77. The Balaban J connectivity index is 1.75. The summed E-state index contributed by atoms with van der Waals surface area (Å²) < 4.78 is 27.3. The van der Waals surface area contributed by atoms with E-state index in [-0.39, 0.29) is 0 Å². The van der Waals surface area contributed by atoms with E-state index >= 15 is 0 Å². The molecule has 0 radical (unpaired) electrons. The van der Waals surface area contributed by atoms with Crippen LogP contribution in [0, 0.1) is 11.3 Å². The van der Waals surface area contributed by atoms with Crippen molar-refractivity contribution in [1.29, 1.82) is 5.26 Å². The third-order valence-corrected chi connectivity index (χ3v) is 7.10. The topological polar surface area (TPSA) is 64.4 Å². The summed E-state index contributed by atoms with van der Waals surface area (Å²) in [6.07, 6.45) is 0. The van der Waals surface area contributed by atoms with Crippen LogP contribution in [0.1, 0.15) is 30.9 Å². The highest BCUT2D eigenvalue weighted by atomic mass is 35.5. The van der Waals surface area contributed by atoms with Crippen molar-refractivity contribution < 1.29 is 8.42 Å². The molecule has 2 aromatic carbocycles. The molecule has 27 heavy (non-hydrogen) atoms. The number of piperazine rings is 1. The minimum Gasteiger partial charge on any atom is -0.368 e. The zero-order chi connectivity index (χ0) is 19.6. The maximum absolute atomic E-state index is 12.9. The van der Waals surface area contributed by atoms with Gasteiger partial charge in [0.05, 0.1) is 21.2 Å². The fraction of sp³-hybridized carbons (Fsp3) is 0.350. The van der Waals surface area contributed by atoms with Gasteiger partial charge in [-0.2, -0.15) is 9.57 Å². The van der Waals surface area contributed by atoms with Gasteiger partial charge in [0, 0.05) is 26.2 Å². The van der Waals surface area contributed by atoms with Crippen LogP contribution in [0.4, 0.5) is 5.69 Å². The second-order valence-electron chi connectivity index (χ2n) is 6.86. The van der Waals surface area contributed by atoms with Gasteiger partial charge < -0.3 is 4.90 Å². The Labute approximate surface area is 165 Å². The van der Waals surface area contributed by atoms with Crippen molar-refractivity contribution in [3.05, 3.63) is 58.6 Å². The third kappa shape index (κ3) is 3.96. The number of anilines is 1. The first-order valence-electron chi connectivity index (χ1n) is 8.88. The Hall–Kier alpha value is -2.07. The molecule has 0 bridgehead atoms. The lowest BCUT2D eigenvalue weighted by molar-refractivity contribution is 0.385. The van der Waals surface area contributed by atoms with E-state index in [0.717, 1.165) is 11.3 Å². The summed E-state index contributed by atoms with van der Waals surface area (Å²) in [7, 11) is -3.52. The highest BCUT2D eigenvalue weighted by molar-refractivity contribution is 7.89. The highest BCUT2D eigenvalue weighted by Crippen LogP contribution is 2.28. The van der Waals surface area contributed by atoms with E-state index in [0.29, 0.717) is 47.6 Å². The quantitative estimate of drug-likeness (QED) is 0.777. The minimum absolute atomic E-state index is 0.320. The molecular weight excluding hydrogens is 382 g/mol. The molecule has 0 N–H and O–H groups in total. The molecule has 0 aromatic heterocycles. The number of nitrogens with zero attached hydrogens (tertiary/aromatic N) is 3. The maximum Gasteiger partial charge on any atom is 0.243 e. The number of hydrogen-bond acceptors (Lipinski definition) is 4. The number of sulfonamides is 1. The van der Waals surface area contributed by atoms with Gasteiger partial charge in [0.1, 0.15) is 6.07 Å². The molecule has 2 aromatic rings. The lowest BCUT2D eigenvalue weighted by Gasteiger charge is -2.35. The van der Waals surface area contributed by atoms with Crippen molar-refractivity contribution in [2.75, 3.05) is 31.1 Å². The Kier molecular flexibility index (Phi) is 5.75. The molecule has 1 saturated heterocycles. The highest BCUT2D eigenvalue weighted by Gasteiger charge is 2.29. The molecule has 142 valence electrons. The first kappa shape index (κ1) is 19.7. The third-order valence-electron chi connectivity index (χ3n) is 4.87. The zero-order valence-corrected chi connectivity index (χ0v) is 17.0. The van der Waals surface area contributed by atoms with Crippen LogP contribution in [0.2, 0.25) is 5.02 Å². The molecule has 1 aliphatic rings. The average Bonchev–Trinajstić information content (AvgIpc) is 2.68. The van der Waals surface area contributed by atoms with Crippen LogP contribution in [-0.2, 0) is 10.0 Å². The first-order valence-corrected chi connectivity index (χ1v) is 10.7. The van der Waals surface area contributed by atoms with Gasteiger partial charge in [-0.3, -0.25) is 0 Å². The summed E-state index contributed by atoms with van der Waals surface area (Å²) in [6.45, 7) is 5.91. The molecular formula is C20H22ClN3O2S. The Morgan fingerprint density at radius 3 is 2.22 bits per heavy atom. The normalized spacial score (nSPS) is 15.7. The second-order valence-corrected chi connectivity index (χ2v) is 9.21. The summed E-state index contributed by atoms with van der Waals surface area (Å²) in [6, 6.07) is 14.6. The van der Waals surface area contributed by atoms with Gasteiger partial charge >= 0.3 is 0 Å². The van der Waals surface area contributed by atoms with Crippen LogP contribution in [-0.4, -0.2) is 38.9 Å². The van der Waals surface area contributed by atoms with Crippen LogP contribution in [0.3, 0.4) is 0 Å². The molecule has 0 amide bonds. The molecule has 5 nitrogen and oxygen atoms in total. The van der Waals surface area contributed by atoms with Crippen LogP contribution < -0.4 is 4.90 Å². The SMILES string of the molecule is CC(C)c1ccc(S(=O)(=O)N2CCN(c3cccc(Cl)c3C#N)CC2)cc1. The number of benzene rings is 2. The molecule has 1 heterocycles. The van der Waals surface area contributed by atoms with E-state index in [4.69, 9.17) is 11.6 Å². The van der Waals surface area contributed by atoms with Crippen molar-refractivity contribution in [2.45, 2.75) is 24.7 Å². The van der Waals surface area contributed by atoms with Crippen molar-refractivity contribution in [3.63, 3.8) is 0 Å². The summed E-state index contributed by atoms with van der Waals surface area (Å²) in [4.78, 5) is 2.33. The summed E-state index contributed by atoms with van der Waals surface area (Å²) in [5.41, 5.74) is 2.30. The van der Waals surface area contributed by atoms with E-state index < -0.39 is 10.0 Å². The lowest BCUT2D eigenvalue weighted by atomic mass is 10.0. The molecule has 0 aliphatic carbocycles. The summed E-state index contributed by atoms with van der Waals surface area (Å²) >= 11 is 6.11. The van der Waals surface area contributed by atoms with Crippen LogP contribution in [0.15, 0.2) is 47.4 Å². The minimum atomic E-state index is -3.52. The largest absolute Gasteiger partial charge is 0.368 e. The lowest BCUT2D eigenvalue weighted by Crippen LogP contribution is -2.48. The van der Waals surface area contributed by atoms with E-state index in [1.54, 1.807) is 24.3 Å². The van der Waals surface area contributed by atoms with Crippen LogP contribution >= 0.6 is 11.6 Å². The Morgan fingerprint density at radius 1 is 1.04 bits per heavy atom. The van der Waals surface area contributed by atoms with Gasteiger partial charge in [-0.15, -0.1) is 0 Å².